The van der Waals surface area contributed by atoms with E-state index in [9.17, 15) is 24.6 Å². The molecule has 0 radical (unpaired) electrons. The van der Waals surface area contributed by atoms with Crippen LogP contribution in [0.3, 0.4) is 0 Å². The first kappa shape index (κ1) is 32.3. The van der Waals surface area contributed by atoms with E-state index in [-0.39, 0.29) is 42.4 Å². The van der Waals surface area contributed by atoms with Crippen LogP contribution in [0.4, 0.5) is 0 Å². The molecule has 10 nitrogen and oxygen atoms in total. The highest BCUT2D eigenvalue weighted by atomic mass is 16.3. The van der Waals surface area contributed by atoms with Gasteiger partial charge in [0.2, 0.25) is 17.7 Å². The van der Waals surface area contributed by atoms with Crippen LogP contribution in [-0.4, -0.2) is 72.3 Å². The summed E-state index contributed by atoms with van der Waals surface area (Å²) in [5.41, 5.74) is 6.31. The van der Waals surface area contributed by atoms with Gasteiger partial charge in [0.25, 0.3) is 0 Å². The van der Waals surface area contributed by atoms with Crippen molar-refractivity contribution in [2.24, 2.45) is 17.6 Å². The number of phenols is 1. The standard InChI is InChI=1S/C27H47N5O5/c1-17(2)14-22(26(36)32-24(16-33)18(3)4)30-27(37)23(15-19-9-11-20(34)12-10-19)31-25(35)21(29-5)8-6-7-13-28/h9-12,17-18,21-24,29,33-34H,6-8,13-16,28H2,1-5H3,(H,30,37)(H,31,35)(H,32,36)/t21?,22?,23-,24-/m1/s1. The second-order valence-corrected chi connectivity index (χ2v) is 10.3. The third kappa shape index (κ3) is 11.9. The van der Waals surface area contributed by atoms with Crippen LogP contribution < -0.4 is 27.0 Å². The second kappa shape index (κ2) is 16.9. The lowest BCUT2D eigenvalue weighted by molar-refractivity contribution is -0.133. The predicted octanol–water partition coefficient (Wildman–Crippen LogP) is 0.801. The Labute approximate surface area is 221 Å². The molecule has 8 N–H and O–H groups in total. The topological polar surface area (TPSA) is 166 Å². The zero-order chi connectivity index (χ0) is 28.0. The highest BCUT2D eigenvalue weighted by molar-refractivity contribution is 5.93. The highest BCUT2D eigenvalue weighted by Gasteiger charge is 2.30. The molecule has 0 heterocycles. The molecule has 0 saturated carbocycles. The zero-order valence-electron chi connectivity index (χ0n) is 22.9. The average Bonchev–Trinajstić information content (AvgIpc) is 2.84. The van der Waals surface area contributed by atoms with Gasteiger partial charge in [0.15, 0.2) is 0 Å². The zero-order valence-corrected chi connectivity index (χ0v) is 22.9. The Kier molecular flexibility index (Phi) is 14.8. The van der Waals surface area contributed by atoms with Gasteiger partial charge >= 0.3 is 0 Å². The SMILES string of the molecule is CNC(CCCCN)C(=O)N[C@H](Cc1ccc(O)cc1)C(=O)NC(CC(C)C)C(=O)N[C@H](CO)C(C)C. The van der Waals surface area contributed by atoms with Crippen molar-refractivity contribution >= 4 is 17.7 Å². The van der Waals surface area contributed by atoms with Crippen molar-refractivity contribution in [3.63, 3.8) is 0 Å². The van der Waals surface area contributed by atoms with Crippen molar-refractivity contribution in [1.29, 1.82) is 0 Å². The fraction of sp³-hybridized carbons (Fsp3) is 0.667. The van der Waals surface area contributed by atoms with Gasteiger partial charge in [0.1, 0.15) is 17.8 Å². The summed E-state index contributed by atoms with van der Waals surface area (Å²) < 4.78 is 0. The molecule has 3 amide bonds. The molecular formula is C27H47N5O5. The molecule has 0 aromatic heterocycles. The van der Waals surface area contributed by atoms with Gasteiger partial charge in [-0.25, -0.2) is 0 Å². The van der Waals surface area contributed by atoms with E-state index in [1.165, 1.54) is 12.1 Å². The summed E-state index contributed by atoms with van der Waals surface area (Å²) in [6.07, 6.45) is 2.70. The van der Waals surface area contributed by atoms with Crippen LogP contribution in [-0.2, 0) is 20.8 Å². The number of phenolic OH excluding ortho intramolecular Hbond substituents is 1. The minimum atomic E-state index is -0.941. The number of carbonyl (C=O) groups excluding carboxylic acids is 3. The van der Waals surface area contributed by atoms with Gasteiger partial charge in [-0.15, -0.1) is 0 Å². The fourth-order valence-electron chi connectivity index (χ4n) is 3.93. The summed E-state index contributed by atoms with van der Waals surface area (Å²) in [5.74, 6) is -0.944. The van der Waals surface area contributed by atoms with E-state index < -0.39 is 30.1 Å². The molecule has 4 atom stereocenters. The number of rotatable bonds is 17. The van der Waals surface area contributed by atoms with E-state index in [1.807, 2.05) is 27.7 Å². The number of nitrogens with two attached hydrogens (primary N) is 1. The number of carbonyl (C=O) groups is 3. The first-order chi connectivity index (χ1) is 17.5. The van der Waals surface area contributed by atoms with Crippen molar-refractivity contribution in [2.45, 2.75) is 84.0 Å². The molecule has 1 rings (SSSR count). The minimum absolute atomic E-state index is 0.0173. The monoisotopic (exact) mass is 521 g/mol. The van der Waals surface area contributed by atoms with Gasteiger partial charge in [-0.2, -0.15) is 0 Å². The van der Waals surface area contributed by atoms with Crippen LogP contribution in [0.2, 0.25) is 0 Å². The van der Waals surface area contributed by atoms with Crippen LogP contribution in [0.5, 0.6) is 5.75 Å². The minimum Gasteiger partial charge on any atom is -0.508 e. The highest BCUT2D eigenvalue weighted by Crippen LogP contribution is 2.13. The number of nitrogens with one attached hydrogen (secondary N) is 4. The molecule has 0 bridgehead atoms. The summed E-state index contributed by atoms with van der Waals surface area (Å²) in [6, 6.07) is 3.71. The lowest BCUT2D eigenvalue weighted by atomic mass is 9.99. The predicted molar refractivity (Wildman–Crippen MR) is 145 cm³/mol. The lowest BCUT2D eigenvalue weighted by Gasteiger charge is -2.28. The first-order valence-electron chi connectivity index (χ1n) is 13.2. The number of aliphatic hydroxyl groups excluding tert-OH is 1. The van der Waals surface area contributed by atoms with Crippen LogP contribution in [0.1, 0.15) is 58.9 Å². The molecule has 2 unspecified atom stereocenters. The quantitative estimate of drug-likeness (QED) is 0.149. The van der Waals surface area contributed by atoms with Crippen LogP contribution in [0.25, 0.3) is 0 Å². The van der Waals surface area contributed by atoms with Gasteiger partial charge in [0, 0.05) is 6.42 Å². The molecule has 0 spiro atoms. The van der Waals surface area contributed by atoms with Crippen LogP contribution >= 0.6 is 0 Å². The van der Waals surface area contributed by atoms with Gasteiger partial charge in [-0.1, -0.05) is 46.2 Å². The first-order valence-corrected chi connectivity index (χ1v) is 13.2. The van der Waals surface area contributed by atoms with E-state index in [4.69, 9.17) is 5.73 Å². The van der Waals surface area contributed by atoms with Gasteiger partial charge in [-0.3, -0.25) is 14.4 Å². The Morgan fingerprint density at radius 3 is 1.95 bits per heavy atom. The molecule has 1 aromatic rings. The van der Waals surface area contributed by atoms with E-state index in [0.29, 0.717) is 19.4 Å². The van der Waals surface area contributed by atoms with E-state index in [0.717, 1.165) is 18.4 Å². The number of aliphatic hydroxyl groups is 1. The molecule has 0 aliphatic carbocycles. The van der Waals surface area contributed by atoms with Gasteiger partial charge in [0.05, 0.1) is 18.7 Å². The van der Waals surface area contributed by atoms with Crippen molar-refractivity contribution in [2.75, 3.05) is 20.2 Å². The van der Waals surface area contributed by atoms with E-state index in [1.54, 1.807) is 19.2 Å². The van der Waals surface area contributed by atoms with Crippen molar-refractivity contribution in [3.05, 3.63) is 29.8 Å². The summed E-state index contributed by atoms with van der Waals surface area (Å²) >= 11 is 0. The average molecular weight is 522 g/mol. The molecule has 0 saturated heterocycles. The number of amides is 3. The van der Waals surface area contributed by atoms with Crippen LogP contribution in [0, 0.1) is 11.8 Å². The molecule has 1 aromatic carbocycles. The van der Waals surface area contributed by atoms with Crippen molar-refractivity contribution in [3.8, 4) is 5.75 Å². The third-order valence-electron chi connectivity index (χ3n) is 6.29. The molecule has 0 aliphatic rings. The molecule has 0 aliphatic heterocycles. The largest absolute Gasteiger partial charge is 0.508 e. The van der Waals surface area contributed by atoms with Gasteiger partial charge < -0.3 is 37.2 Å². The Morgan fingerprint density at radius 1 is 0.865 bits per heavy atom. The van der Waals surface area contributed by atoms with Gasteiger partial charge in [-0.05, 0) is 62.4 Å². The maximum absolute atomic E-state index is 13.5. The second-order valence-electron chi connectivity index (χ2n) is 10.3. The Morgan fingerprint density at radius 2 is 1.43 bits per heavy atom. The van der Waals surface area contributed by atoms with Crippen molar-refractivity contribution < 1.29 is 24.6 Å². The summed E-state index contributed by atoms with van der Waals surface area (Å²) in [5, 5.41) is 30.8. The summed E-state index contributed by atoms with van der Waals surface area (Å²) in [4.78, 5) is 39.6. The van der Waals surface area contributed by atoms with Crippen molar-refractivity contribution in [1.82, 2.24) is 21.3 Å². The number of hydrogen-bond acceptors (Lipinski definition) is 7. The van der Waals surface area contributed by atoms with E-state index >= 15 is 0 Å². The number of benzene rings is 1. The number of aromatic hydroxyl groups is 1. The third-order valence-corrected chi connectivity index (χ3v) is 6.29. The summed E-state index contributed by atoms with van der Waals surface area (Å²) in [7, 11) is 1.69. The Bertz CT molecular complexity index is 831. The fourth-order valence-corrected chi connectivity index (χ4v) is 3.93. The van der Waals surface area contributed by atoms with Crippen LogP contribution in [0.15, 0.2) is 24.3 Å². The maximum atomic E-state index is 13.5. The molecule has 37 heavy (non-hydrogen) atoms. The molecule has 0 fully saturated rings. The normalized spacial score (nSPS) is 14.6. The maximum Gasteiger partial charge on any atom is 0.243 e. The molecule has 210 valence electrons. The number of likely N-dealkylation sites (N-methyl/N-ethyl adjacent to an activating group) is 1. The Hall–Kier alpha value is -2.69. The van der Waals surface area contributed by atoms with E-state index in [2.05, 4.69) is 21.3 Å². The summed E-state index contributed by atoms with van der Waals surface area (Å²) in [6.45, 7) is 8.02. The molecular weight excluding hydrogens is 474 g/mol. The number of hydrogen-bond donors (Lipinski definition) is 7. The Balaban J connectivity index is 3.11. The molecule has 10 heteroatoms. The smallest absolute Gasteiger partial charge is 0.243 e. The lowest BCUT2D eigenvalue weighted by Crippen LogP contribution is -2.58. The number of unbranched alkanes of at least 4 members (excludes halogenated alkanes) is 1.